The Kier molecular flexibility index (Phi) is 4.17. The smallest absolute Gasteiger partial charge is 0.150 e. The van der Waals surface area contributed by atoms with Crippen molar-refractivity contribution in [2.45, 2.75) is 26.4 Å². The average Bonchev–Trinajstić information content (AvgIpc) is 2.73. The van der Waals surface area contributed by atoms with Gasteiger partial charge < -0.3 is 9.84 Å². The van der Waals surface area contributed by atoms with Crippen LogP contribution in [-0.2, 0) is 6.54 Å². The normalized spacial score (nSPS) is 12.6. The first-order valence-electron chi connectivity index (χ1n) is 5.56. The standard InChI is InChI=1S/C13H15IN2O/c1-9-7-13(17-16-9)8-15-10(2)11-3-5-12(14)6-4-11/h3-7,10,15H,8H2,1-2H3. The first-order chi connectivity index (χ1) is 8.15. The third-order valence-electron chi connectivity index (χ3n) is 2.63. The van der Waals surface area contributed by atoms with Gasteiger partial charge in [0.2, 0.25) is 0 Å². The molecular weight excluding hydrogens is 327 g/mol. The lowest BCUT2D eigenvalue weighted by molar-refractivity contribution is 0.363. The molecule has 0 amide bonds. The minimum atomic E-state index is 0.303. The molecule has 3 nitrogen and oxygen atoms in total. The molecule has 0 spiro atoms. The summed E-state index contributed by atoms with van der Waals surface area (Å²) in [7, 11) is 0. The summed E-state index contributed by atoms with van der Waals surface area (Å²) in [5, 5.41) is 7.27. The van der Waals surface area contributed by atoms with E-state index in [2.05, 4.69) is 64.3 Å². The Morgan fingerprint density at radius 1 is 1.35 bits per heavy atom. The summed E-state index contributed by atoms with van der Waals surface area (Å²) in [6, 6.07) is 10.8. The molecule has 1 unspecified atom stereocenters. The van der Waals surface area contributed by atoms with Crippen LogP contribution in [0.5, 0.6) is 0 Å². The SMILES string of the molecule is Cc1cc(CNC(C)c2ccc(I)cc2)on1. The van der Waals surface area contributed by atoms with Crippen molar-refractivity contribution in [2.75, 3.05) is 0 Å². The summed E-state index contributed by atoms with van der Waals surface area (Å²) >= 11 is 2.31. The first kappa shape index (κ1) is 12.6. The van der Waals surface area contributed by atoms with Gasteiger partial charge in [-0.1, -0.05) is 17.3 Å². The first-order valence-corrected chi connectivity index (χ1v) is 6.64. The highest BCUT2D eigenvalue weighted by atomic mass is 127. The second-order valence-electron chi connectivity index (χ2n) is 4.09. The Morgan fingerprint density at radius 3 is 2.65 bits per heavy atom. The highest BCUT2D eigenvalue weighted by Crippen LogP contribution is 2.15. The molecular formula is C13H15IN2O. The van der Waals surface area contributed by atoms with Crippen molar-refractivity contribution in [3.63, 3.8) is 0 Å². The summed E-state index contributed by atoms with van der Waals surface area (Å²) in [5.74, 6) is 0.875. The number of nitrogens with one attached hydrogen (secondary N) is 1. The van der Waals surface area contributed by atoms with Crippen LogP contribution in [-0.4, -0.2) is 5.16 Å². The van der Waals surface area contributed by atoms with Gasteiger partial charge >= 0.3 is 0 Å². The Hall–Kier alpha value is -0.880. The van der Waals surface area contributed by atoms with Crippen molar-refractivity contribution in [3.8, 4) is 0 Å². The van der Waals surface area contributed by atoms with Crippen LogP contribution in [0.25, 0.3) is 0 Å². The summed E-state index contributed by atoms with van der Waals surface area (Å²) in [6.07, 6.45) is 0. The highest BCUT2D eigenvalue weighted by Gasteiger charge is 2.06. The third kappa shape index (κ3) is 3.54. The maximum atomic E-state index is 5.16. The Bertz CT molecular complexity index is 478. The van der Waals surface area contributed by atoms with Gasteiger partial charge in [0.15, 0.2) is 5.76 Å². The molecule has 90 valence electrons. The monoisotopic (exact) mass is 342 g/mol. The van der Waals surface area contributed by atoms with Crippen molar-refractivity contribution < 1.29 is 4.52 Å². The number of hydrogen-bond donors (Lipinski definition) is 1. The molecule has 0 aliphatic rings. The minimum absolute atomic E-state index is 0.303. The Labute approximate surface area is 115 Å². The number of aromatic nitrogens is 1. The summed E-state index contributed by atoms with van der Waals surface area (Å²) in [5.41, 5.74) is 2.20. The number of nitrogens with zero attached hydrogens (tertiary/aromatic N) is 1. The van der Waals surface area contributed by atoms with Crippen LogP contribution in [0.3, 0.4) is 0 Å². The third-order valence-corrected chi connectivity index (χ3v) is 3.35. The van der Waals surface area contributed by atoms with E-state index < -0.39 is 0 Å². The van der Waals surface area contributed by atoms with Gasteiger partial charge in [0.1, 0.15) is 0 Å². The number of aryl methyl sites for hydroxylation is 1. The van der Waals surface area contributed by atoms with Crippen LogP contribution in [0.2, 0.25) is 0 Å². The van der Waals surface area contributed by atoms with E-state index in [0.29, 0.717) is 12.6 Å². The molecule has 2 aromatic rings. The van der Waals surface area contributed by atoms with Crippen molar-refractivity contribution >= 4 is 22.6 Å². The zero-order chi connectivity index (χ0) is 12.3. The van der Waals surface area contributed by atoms with E-state index in [-0.39, 0.29) is 0 Å². The van der Waals surface area contributed by atoms with E-state index in [0.717, 1.165) is 11.5 Å². The average molecular weight is 342 g/mol. The molecule has 1 aromatic heterocycles. The largest absolute Gasteiger partial charge is 0.360 e. The van der Waals surface area contributed by atoms with E-state index >= 15 is 0 Å². The lowest BCUT2D eigenvalue weighted by Crippen LogP contribution is -2.17. The van der Waals surface area contributed by atoms with Gasteiger partial charge in [-0.2, -0.15) is 0 Å². The molecule has 17 heavy (non-hydrogen) atoms. The fraction of sp³-hybridized carbons (Fsp3) is 0.308. The highest BCUT2D eigenvalue weighted by molar-refractivity contribution is 14.1. The quantitative estimate of drug-likeness (QED) is 0.865. The van der Waals surface area contributed by atoms with Crippen molar-refractivity contribution in [3.05, 3.63) is 50.9 Å². The molecule has 1 heterocycles. The second kappa shape index (κ2) is 5.64. The van der Waals surface area contributed by atoms with Gasteiger partial charge in [-0.05, 0) is 54.1 Å². The summed E-state index contributed by atoms with van der Waals surface area (Å²) in [4.78, 5) is 0. The number of rotatable bonds is 4. The van der Waals surface area contributed by atoms with Crippen LogP contribution >= 0.6 is 22.6 Å². The van der Waals surface area contributed by atoms with Gasteiger partial charge in [0.05, 0.1) is 12.2 Å². The van der Waals surface area contributed by atoms with Crippen molar-refractivity contribution in [2.24, 2.45) is 0 Å². The molecule has 2 rings (SSSR count). The molecule has 0 radical (unpaired) electrons. The number of hydrogen-bond acceptors (Lipinski definition) is 3. The fourth-order valence-corrected chi connectivity index (χ4v) is 1.98. The van der Waals surface area contributed by atoms with E-state index in [1.807, 2.05) is 13.0 Å². The molecule has 0 saturated carbocycles. The zero-order valence-corrected chi connectivity index (χ0v) is 12.1. The summed E-state index contributed by atoms with van der Waals surface area (Å²) < 4.78 is 6.41. The van der Waals surface area contributed by atoms with E-state index in [1.54, 1.807) is 0 Å². The van der Waals surface area contributed by atoms with Crippen molar-refractivity contribution in [1.29, 1.82) is 0 Å². The van der Waals surface area contributed by atoms with E-state index in [1.165, 1.54) is 9.13 Å². The van der Waals surface area contributed by atoms with E-state index in [4.69, 9.17) is 4.52 Å². The van der Waals surface area contributed by atoms with Crippen LogP contribution < -0.4 is 5.32 Å². The second-order valence-corrected chi connectivity index (χ2v) is 5.33. The van der Waals surface area contributed by atoms with Crippen LogP contribution in [0, 0.1) is 10.5 Å². The maximum absolute atomic E-state index is 5.16. The molecule has 0 saturated heterocycles. The van der Waals surface area contributed by atoms with Gasteiger partial charge in [0, 0.05) is 15.7 Å². The molecule has 0 fully saturated rings. The lowest BCUT2D eigenvalue weighted by atomic mass is 10.1. The van der Waals surface area contributed by atoms with Gasteiger partial charge in [-0.3, -0.25) is 0 Å². The van der Waals surface area contributed by atoms with Crippen molar-refractivity contribution in [1.82, 2.24) is 10.5 Å². The topological polar surface area (TPSA) is 38.1 Å². The minimum Gasteiger partial charge on any atom is -0.360 e. The molecule has 1 N–H and O–H groups in total. The fourth-order valence-electron chi connectivity index (χ4n) is 1.62. The molecule has 0 aliphatic heterocycles. The Balaban J connectivity index is 1.93. The van der Waals surface area contributed by atoms with Crippen LogP contribution in [0.15, 0.2) is 34.9 Å². The maximum Gasteiger partial charge on any atom is 0.150 e. The molecule has 4 heteroatoms. The van der Waals surface area contributed by atoms with Crippen LogP contribution in [0.4, 0.5) is 0 Å². The van der Waals surface area contributed by atoms with Gasteiger partial charge in [0.25, 0.3) is 0 Å². The molecule has 0 bridgehead atoms. The number of halogens is 1. The number of benzene rings is 1. The van der Waals surface area contributed by atoms with Crippen LogP contribution in [0.1, 0.15) is 30.0 Å². The molecule has 0 aliphatic carbocycles. The van der Waals surface area contributed by atoms with E-state index in [9.17, 15) is 0 Å². The lowest BCUT2D eigenvalue weighted by Gasteiger charge is -2.12. The Morgan fingerprint density at radius 2 is 2.06 bits per heavy atom. The zero-order valence-electron chi connectivity index (χ0n) is 9.90. The van der Waals surface area contributed by atoms with Gasteiger partial charge in [-0.15, -0.1) is 0 Å². The summed E-state index contributed by atoms with van der Waals surface area (Å²) in [6.45, 7) is 4.77. The molecule has 1 atom stereocenters. The molecule has 1 aromatic carbocycles. The predicted octanol–water partition coefficient (Wildman–Crippen LogP) is 3.44. The van der Waals surface area contributed by atoms with Gasteiger partial charge in [-0.25, -0.2) is 0 Å². The predicted molar refractivity (Wildman–Crippen MR) is 75.7 cm³/mol.